The zero-order chi connectivity index (χ0) is 31.3. The Bertz CT molecular complexity index is 944. The van der Waals surface area contributed by atoms with Gasteiger partial charge in [0.05, 0.1) is 0 Å². The molecule has 0 aliphatic heterocycles. The van der Waals surface area contributed by atoms with Gasteiger partial charge in [0.2, 0.25) is 0 Å². The first-order chi connectivity index (χ1) is 20.9. The minimum atomic E-state index is 0.0206. The van der Waals surface area contributed by atoms with Crippen molar-refractivity contribution in [2.75, 3.05) is 0 Å². The monoisotopic (exact) mass is 593 g/mol. The van der Waals surface area contributed by atoms with Gasteiger partial charge in [0, 0.05) is 17.0 Å². The topological polar surface area (TPSA) is 40.5 Å². The van der Waals surface area contributed by atoms with Crippen LogP contribution in [0.5, 0.6) is 11.5 Å². The number of hydrogen-bond acceptors (Lipinski definition) is 2. The number of phenols is 2. The molecular weight excluding hydrogens is 524 g/mol. The van der Waals surface area contributed by atoms with Gasteiger partial charge in [-0.1, -0.05) is 172 Å². The van der Waals surface area contributed by atoms with Crippen LogP contribution in [0.3, 0.4) is 0 Å². The standard InChI is InChI=1S/C41H68O2/c1-6-9-12-13-14-15-16-17-18-19-20-21-22-23-24-25-28-37(38-31-33(4)29-35(40(38)42)26-10-7-2)39-32-34(5)30-36(41(39)43)27-11-8-3/h29-32,37,42-43H,6-28H2,1-5H3. The molecule has 0 radical (unpaired) electrons. The molecule has 0 fully saturated rings. The zero-order valence-corrected chi connectivity index (χ0v) is 29.0. The maximum absolute atomic E-state index is 11.5. The molecule has 0 atom stereocenters. The van der Waals surface area contributed by atoms with Gasteiger partial charge >= 0.3 is 0 Å². The molecule has 0 saturated carbocycles. The van der Waals surface area contributed by atoms with E-state index in [-0.39, 0.29) is 5.92 Å². The van der Waals surface area contributed by atoms with E-state index in [1.165, 1.54) is 107 Å². The summed E-state index contributed by atoms with van der Waals surface area (Å²) >= 11 is 0. The van der Waals surface area contributed by atoms with Crippen LogP contribution in [-0.2, 0) is 12.8 Å². The summed E-state index contributed by atoms with van der Waals surface area (Å²) in [6, 6.07) is 8.66. The second-order valence-electron chi connectivity index (χ2n) is 13.6. The normalized spacial score (nSPS) is 11.6. The Hall–Kier alpha value is -1.96. The third kappa shape index (κ3) is 14.1. The Kier molecular flexibility index (Phi) is 19.5. The Morgan fingerprint density at radius 2 is 0.767 bits per heavy atom. The number of rotatable bonds is 25. The predicted octanol–water partition coefficient (Wildman–Crippen LogP) is 13.2. The van der Waals surface area contributed by atoms with E-state index in [1.54, 1.807) is 0 Å². The van der Waals surface area contributed by atoms with Crippen LogP contribution in [0.2, 0.25) is 0 Å². The van der Waals surface area contributed by atoms with Crippen molar-refractivity contribution in [3.05, 3.63) is 57.6 Å². The quantitative estimate of drug-likeness (QED) is 0.113. The molecule has 0 aromatic heterocycles. The highest BCUT2D eigenvalue weighted by molar-refractivity contribution is 5.54. The molecule has 0 amide bonds. The number of benzene rings is 2. The minimum absolute atomic E-state index is 0.0206. The van der Waals surface area contributed by atoms with Gasteiger partial charge in [-0.2, -0.15) is 0 Å². The van der Waals surface area contributed by atoms with E-state index in [9.17, 15) is 10.2 Å². The van der Waals surface area contributed by atoms with Crippen LogP contribution in [0.4, 0.5) is 0 Å². The van der Waals surface area contributed by atoms with Crippen molar-refractivity contribution in [2.45, 2.75) is 188 Å². The largest absolute Gasteiger partial charge is 0.507 e. The third-order valence-corrected chi connectivity index (χ3v) is 9.42. The van der Waals surface area contributed by atoms with E-state index in [0.29, 0.717) is 11.5 Å². The highest BCUT2D eigenvalue weighted by atomic mass is 16.3. The Morgan fingerprint density at radius 3 is 1.12 bits per heavy atom. The lowest BCUT2D eigenvalue weighted by atomic mass is 9.82. The molecule has 43 heavy (non-hydrogen) atoms. The van der Waals surface area contributed by atoms with Crippen LogP contribution in [-0.4, -0.2) is 10.2 Å². The van der Waals surface area contributed by atoms with Crippen molar-refractivity contribution in [1.29, 1.82) is 0 Å². The van der Waals surface area contributed by atoms with Crippen LogP contribution < -0.4 is 0 Å². The highest BCUT2D eigenvalue weighted by Crippen LogP contribution is 2.43. The summed E-state index contributed by atoms with van der Waals surface area (Å²) in [7, 11) is 0. The molecule has 0 unspecified atom stereocenters. The molecule has 0 aliphatic carbocycles. The maximum atomic E-state index is 11.5. The van der Waals surface area contributed by atoms with Gasteiger partial charge in [0.25, 0.3) is 0 Å². The van der Waals surface area contributed by atoms with Gasteiger partial charge in [-0.3, -0.25) is 0 Å². The highest BCUT2D eigenvalue weighted by Gasteiger charge is 2.24. The molecule has 0 spiro atoms. The summed E-state index contributed by atoms with van der Waals surface area (Å²) in [5, 5.41) is 23.0. The summed E-state index contributed by atoms with van der Waals surface area (Å²) in [4.78, 5) is 0. The molecule has 2 aromatic rings. The lowest BCUT2D eigenvalue weighted by Gasteiger charge is -2.24. The van der Waals surface area contributed by atoms with Crippen LogP contribution in [0.25, 0.3) is 0 Å². The lowest BCUT2D eigenvalue weighted by Crippen LogP contribution is -2.06. The first kappa shape index (κ1) is 37.2. The maximum Gasteiger partial charge on any atom is 0.122 e. The van der Waals surface area contributed by atoms with Gasteiger partial charge in [-0.05, 0) is 57.1 Å². The van der Waals surface area contributed by atoms with Crippen LogP contribution in [0, 0.1) is 13.8 Å². The number of phenolic OH excluding ortho intramolecular Hbond substituents is 2. The van der Waals surface area contributed by atoms with E-state index in [0.717, 1.165) is 73.6 Å². The first-order valence-electron chi connectivity index (χ1n) is 18.6. The molecule has 0 saturated heterocycles. The minimum Gasteiger partial charge on any atom is -0.507 e. The number of unbranched alkanes of at least 4 members (excludes halogenated alkanes) is 17. The Balaban J connectivity index is 1.93. The molecule has 0 aliphatic rings. The Morgan fingerprint density at radius 1 is 0.442 bits per heavy atom. The van der Waals surface area contributed by atoms with Crippen molar-refractivity contribution in [3.63, 3.8) is 0 Å². The van der Waals surface area contributed by atoms with Crippen molar-refractivity contribution in [1.82, 2.24) is 0 Å². The van der Waals surface area contributed by atoms with E-state index in [1.807, 2.05) is 0 Å². The molecule has 0 heterocycles. The molecule has 2 rings (SSSR count). The SMILES string of the molecule is CCCCCCCCCCCCCCCCCCC(c1cc(C)cc(CCCC)c1O)c1cc(C)cc(CCCC)c1O. The van der Waals surface area contributed by atoms with E-state index in [2.05, 4.69) is 58.9 Å². The van der Waals surface area contributed by atoms with Crippen molar-refractivity contribution in [2.24, 2.45) is 0 Å². The fraction of sp³-hybridized carbons (Fsp3) is 0.707. The molecule has 2 N–H and O–H groups in total. The van der Waals surface area contributed by atoms with Crippen LogP contribution >= 0.6 is 0 Å². The molecule has 2 heteroatoms. The van der Waals surface area contributed by atoms with Gasteiger partial charge in [0.1, 0.15) is 11.5 Å². The second-order valence-corrected chi connectivity index (χ2v) is 13.6. The number of aryl methyl sites for hydroxylation is 4. The van der Waals surface area contributed by atoms with E-state index >= 15 is 0 Å². The number of aromatic hydroxyl groups is 2. The molecular formula is C41H68O2. The predicted molar refractivity (Wildman–Crippen MR) is 189 cm³/mol. The molecule has 2 aromatic carbocycles. The fourth-order valence-corrected chi connectivity index (χ4v) is 6.79. The molecule has 2 nitrogen and oxygen atoms in total. The summed E-state index contributed by atoms with van der Waals surface area (Å²) in [6.07, 6.45) is 29.0. The zero-order valence-electron chi connectivity index (χ0n) is 29.0. The van der Waals surface area contributed by atoms with Crippen LogP contribution in [0.1, 0.15) is 195 Å². The lowest BCUT2D eigenvalue weighted by molar-refractivity contribution is 0.439. The van der Waals surface area contributed by atoms with Gasteiger partial charge in [-0.15, -0.1) is 0 Å². The number of hydrogen-bond donors (Lipinski definition) is 2. The smallest absolute Gasteiger partial charge is 0.122 e. The summed E-state index contributed by atoms with van der Waals surface area (Å²) in [5.41, 5.74) is 6.55. The van der Waals surface area contributed by atoms with Gasteiger partial charge in [-0.25, -0.2) is 0 Å². The fourth-order valence-electron chi connectivity index (χ4n) is 6.79. The van der Waals surface area contributed by atoms with E-state index < -0.39 is 0 Å². The summed E-state index contributed by atoms with van der Waals surface area (Å²) in [6.45, 7) is 11.0. The van der Waals surface area contributed by atoms with E-state index in [4.69, 9.17) is 0 Å². The third-order valence-electron chi connectivity index (χ3n) is 9.42. The van der Waals surface area contributed by atoms with Gasteiger partial charge in [0.15, 0.2) is 0 Å². The average Bonchev–Trinajstić information content (AvgIpc) is 2.99. The summed E-state index contributed by atoms with van der Waals surface area (Å²) in [5.74, 6) is 0.931. The van der Waals surface area contributed by atoms with Gasteiger partial charge < -0.3 is 10.2 Å². The average molecular weight is 593 g/mol. The van der Waals surface area contributed by atoms with Crippen molar-refractivity contribution in [3.8, 4) is 11.5 Å². The second kappa shape index (κ2) is 22.5. The van der Waals surface area contributed by atoms with Crippen molar-refractivity contribution < 1.29 is 10.2 Å². The van der Waals surface area contributed by atoms with Crippen molar-refractivity contribution >= 4 is 0 Å². The Labute approximate surface area is 267 Å². The summed E-state index contributed by atoms with van der Waals surface area (Å²) < 4.78 is 0. The first-order valence-corrected chi connectivity index (χ1v) is 18.6. The molecule has 244 valence electrons. The van der Waals surface area contributed by atoms with Crippen LogP contribution in [0.15, 0.2) is 24.3 Å². The molecule has 0 bridgehead atoms.